The Kier molecular flexibility index (Phi) is 6.98. The van der Waals surface area contributed by atoms with Crippen molar-refractivity contribution in [3.05, 3.63) is 29.8 Å². The number of guanidine groups is 1. The van der Waals surface area contributed by atoms with Crippen LogP contribution in [0.3, 0.4) is 0 Å². The first kappa shape index (κ1) is 20.3. The second-order valence-corrected chi connectivity index (χ2v) is 6.62. The lowest BCUT2D eigenvalue weighted by molar-refractivity contribution is -0.190. The summed E-state index contributed by atoms with van der Waals surface area (Å²) < 4.78 is 38.6. The number of hydrogen-bond acceptors (Lipinski definition) is 3. The smallest absolute Gasteiger partial charge is 0.193 e. The molecule has 25 heavy (non-hydrogen) atoms. The molecule has 0 bridgehead atoms. The van der Waals surface area contributed by atoms with Crippen molar-refractivity contribution in [2.24, 2.45) is 16.6 Å². The molecule has 8 heteroatoms. The van der Waals surface area contributed by atoms with Crippen molar-refractivity contribution in [1.82, 2.24) is 0 Å². The van der Waals surface area contributed by atoms with E-state index in [2.05, 4.69) is 17.2 Å². The predicted octanol–water partition coefficient (Wildman–Crippen LogP) is 3.63. The lowest BCUT2D eigenvalue weighted by Crippen LogP contribution is -2.35. The van der Waals surface area contributed by atoms with Gasteiger partial charge in [0.25, 0.3) is 0 Å². The number of nitrogens with zero attached hydrogens (tertiary/aromatic N) is 1. The predicted molar refractivity (Wildman–Crippen MR) is 103 cm³/mol. The van der Waals surface area contributed by atoms with E-state index in [9.17, 15) is 8.78 Å². The van der Waals surface area contributed by atoms with Gasteiger partial charge in [0, 0.05) is 18.9 Å². The minimum absolute atomic E-state index is 0. The highest BCUT2D eigenvalue weighted by molar-refractivity contribution is 14.0. The summed E-state index contributed by atoms with van der Waals surface area (Å²) in [7, 11) is 0. The van der Waals surface area contributed by atoms with Gasteiger partial charge in [-0.25, -0.2) is 8.78 Å². The molecule has 1 saturated heterocycles. The fourth-order valence-electron chi connectivity index (χ4n) is 3.14. The van der Waals surface area contributed by atoms with Crippen LogP contribution in [-0.2, 0) is 9.47 Å². The summed E-state index contributed by atoms with van der Waals surface area (Å²) >= 11 is 0. The summed E-state index contributed by atoms with van der Waals surface area (Å²) in [5, 5.41) is 2.57. The summed E-state index contributed by atoms with van der Waals surface area (Å²) in [5.41, 5.74) is 5.70. The van der Waals surface area contributed by atoms with Crippen LogP contribution in [0.15, 0.2) is 23.2 Å². The third-order valence-electron chi connectivity index (χ3n) is 4.61. The standard InChI is InChI=1S/C17H23F2N3O2.HI/c1-11-4-6-17(7-5-11)23-10-13(24-17)9-21-16(20)22-15-8-12(18)2-3-14(15)19;/h2-3,8,11,13H,4-7,9-10H2,1H3,(H3,20,21,22);1H. The van der Waals surface area contributed by atoms with Crippen LogP contribution in [0.25, 0.3) is 0 Å². The number of benzene rings is 1. The Balaban J connectivity index is 0.00000225. The van der Waals surface area contributed by atoms with Crippen molar-refractivity contribution < 1.29 is 18.3 Å². The molecule has 0 amide bonds. The first-order chi connectivity index (χ1) is 11.5. The van der Waals surface area contributed by atoms with Gasteiger partial charge in [0.2, 0.25) is 0 Å². The topological polar surface area (TPSA) is 68.9 Å². The molecule has 1 unspecified atom stereocenters. The highest BCUT2D eigenvalue weighted by Gasteiger charge is 2.43. The second kappa shape index (κ2) is 8.59. The van der Waals surface area contributed by atoms with Crippen LogP contribution >= 0.6 is 24.0 Å². The SMILES string of the molecule is CC1CCC2(CC1)OCC(CN=C(N)Nc1cc(F)ccc1F)O2.I. The summed E-state index contributed by atoms with van der Waals surface area (Å²) in [4.78, 5) is 4.15. The number of nitrogens with one attached hydrogen (secondary N) is 1. The van der Waals surface area contributed by atoms with E-state index in [0.717, 1.165) is 43.9 Å². The summed E-state index contributed by atoms with van der Waals surface area (Å²) in [6.45, 7) is 3.02. The largest absolute Gasteiger partial charge is 0.370 e. The normalized spacial score (nSPS) is 29.5. The van der Waals surface area contributed by atoms with Gasteiger partial charge >= 0.3 is 0 Å². The molecule has 1 heterocycles. The zero-order chi connectivity index (χ0) is 17.2. The number of ether oxygens (including phenoxy) is 2. The molecule has 1 aliphatic heterocycles. The van der Waals surface area contributed by atoms with Crippen molar-refractivity contribution in [2.45, 2.75) is 44.5 Å². The Morgan fingerprint density at radius 2 is 2.08 bits per heavy atom. The highest BCUT2D eigenvalue weighted by Crippen LogP contribution is 2.39. The lowest BCUT2D eigenvalue weighted by Gasteiger charge is -2.34. The average molecular weight is 467 g/mol. The van der Waals surface area contributed by atoms with Crippen molar-refractivity contribution >= 4 is 35.6 Å². The molecule has 1 aliphatic carbocycles. The van der Waals surface area contributed by atoms with Crippen LogP contribution in [-0.4, -0.2) is 31.0 Å². The van der Waals surface area contributed by atoms with Gasteiger partial charge in [-0.05, 0) is 30.9 Å². The molecule has 3 rings (SSSR count). The van der Waals surface area contributed by atoms with Gasteiger partial charge in [-0.3, -0.25) is 4.99 Å². The summed E-state index contributed by atoms with van der Waals surface area (Å²) in [6.07, 6.45) is 3.82. The van der Waals surface area contributed by atoms with Gasteiger partial charge in [0.05, 0.1) is 18.8 Å². The molecular weight excluding hydrogens is 443 g/mol. The first-order valence-corrected chi connectivity index (χ1v) is 8.29. The zero-order valence-corrected chi connectivity index (χ0v) is 16.5. The number of nitrogens with two attached hydrogens (primary N) is 1. The fraction of sp³-hybridized carbons (Fsp3) is 0.588. The van der Waals surface area contributed by atoms with Crippen LogP contribution in [0.5, 0.6) is 0 Å². The molecule has 2 fully saturated rings. The van der Waals surface area contributed by atoms with E-state index in [1.54, 1.807) is 0 Å². The molecule has 1 spiro atoms. The van der Waals surface area contributed by atoms with E-state index >= 15 is 0 Å². The highest BCUT2D eigenvalue weighted by atomic mass is 127. The molecule has 1 saturated carbocycles. The van der Waals surface area contributed by atoms with E-state index < -0.39 is 17.4 Å². The van der Waals surface area contributed by atoms with Gasteiger partial charge in [-0.15, -0.1) is 24.0 Å². The number of rotatable bonds is 3. The number of hydrogen-bond donors (Lipinski definition) is 2. The molecule has 1 aromatic carbocycles. The Bertz CT molecular complexity index is 622. The van der Waals surface area contributed by atoms with E-state index in [1.165, 1.54) is 0 Å². The van der Waals surface area contributed by atoms with Gasteiger partial charge in [0.15, 0.2) is 11.7 Å². The maximum atomic E-state index is 13.6. The zero-order valence-electron chi connectivity index (χ0n) is 14.1. The quantitative estimate of drug-likeness (QED) is 0.405. The van der Waals surface area contributed by atoms with Gasteiger partial charge in [-0.1, -0.05) is 6.92 Å². The van der Waals surface area contributed by atoms with Crippen LogP contribution in [0.2, 0.25) is 0 Å². The molecule has 140 valence electrons. The Morgan fingerprint density at radius 1 is 1.36 bits per heavy atom. The van der Waals surface area contributed by atoms with Crippen molar-refractivity contribution in [2.75, 3.05) is 18.5 Å². The van der Waals surface area contributed by atoms with Gasteiger partial charge < -0.3 is 20.5 Å². The van der Waals surface area contributed by atoms with Gasteiger partial charge in [-0.2, -0.15) is 0 Å². The van der Waals surface area contributed by atoms with E-state index in [-0.39, 0.29) is 41.7 Å². The fourth-order valence-corrected chi connectivity index (χ4v) is 3.14. The summed E-state index contributed by atoms with van der Waals surface area (Å²) in [6, 6.07) is 3.11. The van der Waals surface area contributed by atoms with Crippen LogP contribution < -0.4 is 11.1 Å². The average Bonchev–Trinajstić information content (AvgIpc) is 2.95. The monoisotopic (exact) mass is 467 g/mol. The molecule has 0 aromatic heterocycles. The van der Waals surface area contributed by atoms with E-state index in [0.29, 0.717) is 19.1 Å². The number of halogens is 3. The second-order valence-electron chi connectivity index (χ2n) is 6.62. The maximum absolute atomic E-state index is 13.6. The van der Waals surface area contributed by atoms with E-state index in [4.69, 9.17) is 15.2 Å². The lowest BCUT2D eigenvalue weighted by atomic mass is 9.86. The first-order valence-electron chi connectivity index (χ1n) is 8.29. The summed E-state index contributed by atoms with van der Waals surface area (Å²) in [5.74, 6) is -0.885. The van der Waals surface area contributed by atoms with Gasteiger partial charge in [0.1, 0.15) is 17.7 Å². The minimum Gasteiger partial charge on any atom is -0.370 e. The van der Waals surface area contributed by atoms with Crippen LogP contribution in [0.1, 0.15) is 32.6 Å². The minimum atomic E-state index is -0.592. The van der Waals surface area contributed by atoms with Crippen LogP contribution in [0, 0.1) is 17.6 Å². The molecule has 3 N–H and O–H groups in total. The van der Waals surface area contributed by atoms with Crippen molar-refractivity contribution in [1.29, 1.82) is 0 Å². The molecule has 2 aliphatic rings. The maximum Gasteiger partial charge on any atom is 0.193 e. The third kappa shape index (κ3) is 5.24. The van der Waals surface area contributed by atoms with E-state index in [1.807, 2.05) is 0 Å². The number of aliphatic imine (C=N–C) groups is 1. The Morgan fingerprint density at radius 3 is 2.80 bits per heavy atom. The Labute approximate surface area is 163 Å². The van der Waals surface area contributed by atoms with Crippen molar-refractivity contribution in [3.63, 3.8) is 0 Å². The molecule has 1 atom stereocenters. The van der Waals surface area contributed by atoms with Crippen molar-refractivity contribution in [3.8, 4) is 0 Å². The Hall–Kier alpha value is -1.00. The molecule has 5 nitrogen and oxygen atoms in total. The molecule has 1 aromatic rings. The molecular formula is C17H24F2IN3O2. The molecule has 0 radical (unpaired) electrons. The van der Waals surface area contributed by atoms with Crippen LogP contribution in [0.4, 0.5) is 14.5 Å². The number of anilines is 1. The third-order valence-corrected chi connectivity index (χ3v) is 4.61.